The van der Waals surface area contributed by atoms with Crippen LogP contribution in [0.2, 0.25) is 0 Å². The molecular weight excluding hydrogens is 361 g/mol. The average molecular weight is 392 g/mol. The summed E-state index contributed by atoms with van der Waals surface area (Å²) in [4.78, 5) is 16.5. The van der Waals surface area contributed by atoms with E-state index >= 15 is 0 Å². The Balaban J connectivity index is 0.00000288. The second-order valence-corrected chi connectivity index (χ2v) is 6.65. The van der Waals surface area contributed by atoms with Crippen LogP contribution >= 0.6 is 24.8 Å². The monoisotopic (exact) mass is 391 g/mol. The molecule has 1 aromatic rings. The molecular formula is C18H31Cl2N3O2. The number of hydrogen-bond donors (Lipinski definition) is 1. The maximum absolute atomic E-state index is 12.4. The summed E-state index contributed by atoms with van der Waals surface area (Å²) in [5.41, 5.74) is 7.56. The number of nitrogens with zero attached hydrogens (tertiary/aromatic N) is 2. The van der Waals surface area contributed by atoms with Gasteiger partial charge in [-0.15, -0.1) is 24.8 Å². The van der Waals surface area contributed by atoms with Crippen molar-refractivity contribution in [3.63, 3.8) is 0 Å². The lowest BCUT2D eigenvalue weighted by Gasteiger charge is -2.35. The molecule has 7 heteroatoms. The van der Waals surface area contributed by atoms with E-state index in [9.17, 15) is 4.79 Å². The fraction of sp³-hybridized carbons (Fsp3) is 0.611. The summed E-state index contributed by atoms with van der Waals surface area (Å²) in [7, 11) is 1.80. The zero-order valence-corrected chi connectivity index (χ0v) is 17.1. The molecule has 0 bridgehead atoms. The van der Waals surface area contributed by atoms with E-state index in [0.29, 0.717) is 12.1 Å². The number of halogens is 2. The number of nitrogens with two attached hydrogens (primary N) is 1. The standard InChI is InChI=1S/C18H29N3O2.2ClH/c1-13(9-19)20(4)18(22)17-7-5-16(6-8-17)12-21-10-14(2)23-15(3)11-21;;/h5-8,13-15H,9-12,19H2,1-4H3;2*1H. The summed E-state index contributed by atoms with van der Waals surface area (Å²) in [6.07, 6.45) is 0.539. The minimum atomic E-state index is 0. The van der Waals surface area contributed by atoms with Gasteiger partial charge >= 0.3 is 0 Å². The van der Waals surface area contributed by atoms with Crippen LogP contribution in [0, 0.1) is 0 Å². The third-order valence-electron chi connectivity index (χ3n) is 4.42. The molecule has 0 saturated carbocycles. The van der Waals surface area contributed by atoms with Crippen molar-refractivity contribution >= 4 is 30.7 Å². The third-order valence-corrected chi connectivity index (χ3v) is 4.42. The van der Waals surface area contributed by atoms with Crippen molar-refractivity contribution in [3.05, 3.63) is 35.4 Å². The van der Waals surface area contributed by atoms with Gasteiger partial charge in [-0.1, -0.05) is 12.1 Å². The van der Waals surface area contributed by atoms with Crippen LogP contribution in [0.5, 0.6) is 0 Å². The molecule has 2 N–H and O–H groups in total. The van der Waals surface area contributed by atoms with Gasteiger partial charge in [-0.2, -0.15) is 0 Å². The Labute approximate surface area is 163 Å². The Morgan fingerprint density at radius 1 is 1.24 bits per heavy atom. The highest BCUT2D eigenvalue weighted by atomic mass is 35.5. The van der Waals surface area contributed by atoms with Gasteiger partial charge in [0.05, 0.1) is 12.2 Å². The summed E-state index contributed by atoms with van der Waals surface area (Å²) in [5, 5.41) is 0. The average Bonchev–Trinajstić information content (AvgIpc) is 2.52. The van der Waals surface area contributed by atoms with Crippen molar-refractivity contribution < 1.29 is 9.53 Å². The molecule has 2 rings (SSSR count). The predicted octanol–water partition coefficient (Wildman–Crippen LogP) is 2.56. The van der Waals surface area contributed by atoms with Gasteiger partial charge in [0.25, 0.3) is 5.91 Å². The van der Waals surface area contributed by atoms with E-state index in [1.807, 2.05) is 31.2 Å². The lowest BCUT2D eigenvalue weighted by molar-refractivity contribution is -0.0704. The summed E-state index contributed by atoms with van der Waals surface area (Å²) >= 11 is 0. The number of hydrogen-bond acceptors (Lipinski definition) is 4. The third kappa shape index (κ3) is 6.76. The van der Waals surface area contributed by atoms with Crippen LogP contribution in [-0.4, -0.2) is 60.6 Å². The van der Waals surface area contributed by atoms with Crippen LogP contribution < -0.4 is 5.73 Å². The van der Waals surface area contributed by atoms with E-state index in [0.717, 1.165) is 19.6 Å². The quantitative estimate of drug-likeness (QED) is 0.837. The number of rotatable bonds is 5. The largest absolute Gasteiger partial charge is 0.373 e. The van der Waals surface area contributed by atoms with Crippen molar-refractivity contribution in [3.8, 4) is 0 Å². The zero-order valence-electron chi connectivity index (χ0n) is 15.5. The number of carbonyl (C=O) groups is 1. The highest BCUT2D eigenvalue weighted by molar-refractivity contribution is 5.94. The van der Waals surface area contributed by atoms with Gasteiger partial charge in [0, 0.05) is 44.8 Å². The Hall–Kier alpha value is -0.850. The molecule has 0 aliphatic carbocycles. The molecule has 5 nitrogen and oxygen atoms in total. The number of amides is 1. The molecule has 25 heavy (non-hydrogen) atoms. The molecule has 1 aliphatic rings. The number of likely N-dealkylation sites (N-methyl/N-ethyl adjacent to an activating group) is 1. The lowest BCUT2D eigenvalue weighted by Crippen LogP contribution is -2.44. The first-order valence-electron chi connectivity index (χ1n) is 8.34. The summed E-state index contributed by atoms with van der Waals surface area (Å²) in [5.74, 6) is 0.0168. The highest BCUT2D eigenvalue weighted by Gasteiger charge is 2.22. The van der Waals surface area contributed by atoms with Crippen molar-refractivity contribution in [1.29, 1.82) is 0 Å². The van der Waals surface area contributed by atoms with Crippen molar-refractivity contribution in [2.45, 2.75) is 45.6 Å². The van der Waals surface area contributed by atoms with Gasteiger partial charge in [-0.25, -0.2) is 0 Å². The Morgan fingerprint density at radius 2 is 1.76 bits per heavy atom. The van der Waals surface area contributed by atoms with Gasteiger partial charge < -0.3 is 15.4 Å². The topological polar surface area (TPSA) is 58.8 Å². The maximum Gasteiger partial charge on any atom is 0.253 e. The van der Waals surface area contributed by atoms with Crippen molar-refractivity contribution in [2.75, 3.05) is 26.7 Å². The smallest absolute Gasteiger partial charge is 0.253 e. The molecule has 1 fully saturated rings. The number of benzene rings is 1. The first-order valence-corrected chi connectivity index (χ1v) is 8.34. The van der Waals surface area contributed by atoms with Crippen LogP contribution in [0.25, 0.3) is 0 Å². The molecule has 0 spiro atoms. The SMILES string of the molecule is CC1CN(Cc2ccc(C(=O)N(C)C(C)CN)cc2)CC(C)O1.Cl.Cl. The van der Waals surface area contributed by atoms with Crippen molar-refractivity contribution in [1.82, 2.24) is 9.80 Å². The minimum Gasteiger partial charge on any atom is -0.373 e. The molecule has 144 valence electrons. The maximum atomic E-state index is 12.4. The molecule has 3 unspecified atom stereocenters. The number of ether oxygens (including phenoxy) is 1. The molecule has 1 aromatic carbocycles. The Morgan fingerprint density at radius 3 is 2.24 bits per heavy atom. The van der Waals surface area contributed by atoms with Gasteiger partial charge in [0.15, 0.2) is 0 Å². The van der Waals surface area contributed by atoms with Crippen molar-refractivity contribution in [2.24, 2.45) is 5.73 Å². The van der Waals surface area contributed by atoms with E-state index in [1.165, 1.54) is 5.56 Å². The fourth-order valence-corrected chi connectivity index (χ4v) is 2.99. The lowest BCUT2D eigenvalue weighted by atomic mass is 10.1. The summed E-state index contributed by atoms with van der Waals surface area (Å²) < 4.78 is 5.76. The number of carbonyl (C=O) groups excluding carboxylic acids is 1. The molecule has 1 heterocycles. The normalized spacial score (nSPS) is 21.6. The fourth-order valence-electron chi connectivity index (χ4n) is 2.99. The summed E-state index contributed by atoms with van der Waals surface area (Å²) in [6.45, 7) is 9.42. The second-order valence-electron chi connectivity index (χ2n) is 6.65. The van der Waals surface area contributed by atoms with E-state index in [2.05, 4.69) is 18.7 Å². The van der Waals surface area contributed by atoms with E-state index in [4.69, 9.17) is 10.5 Å². The zero-order chi connectivity index (χ0) is 17.0. The van der Waals surface area contributed by atoms with E-state index in [-0.39, 0.29) is 49.0 Å². The van der Waals surface area contributed by atoms with Crippen LogP contribution in [0.4, 0.5) is 0 Å². The van der Waals surface area contributed by atoms with Crippen LogP contribution in [-0.2, 0) is 11.3 Å². The molecule has 1 amide bonds. The second kappa shape index (κ2) is 11.0. The first kappa shape index (κ1) is 24.1. The van der Waals surface area contributed by atoms with Gasteiger partial charge in [-0.05, 0) is 38.5 Å². The van der Waals surface area contributed by atoms with Gasteiger partial charge in [-0.3, -0.25) is 9.69 Å². The van der Waals surface area contributed by atoms with E-state index in [1.54, 1.807) is 11.9 Å². The van der Waals surface area contributed by atoms with Gasteiger partial charge in [0.1, 0.15) is 0 Å². The Bertz CT molecular complexity index is 518. The molecule has 1 saturated heterocycles. The highest BCUT2D eigenvalue weighted by Crippen LogP contribution is 2.15. The molecule has 3 atom stereocenters. The number of morpholine rings is 1. The predicted molar refractivity (Wildman–Crippen MR) is 107 cm³/mol. The minimum absolute atomic E-state index is 0. The van der Waals surface area contributed by atoms with Crippen LogP contribution in [0.15, 0.2) is 24.3 Å². The Kier molecular flexibility index (Phi) is 10.6. The summed E-state index contributed by atoms with van der Waals surface area (Å²) in [6, 6.07) is 7.94. The molecule has 1 aliphatic heterocycles. The van der Waals surface area contributed by atoms with Gasteiger partial charge in [0.2, 0.25) is 0 Å². The molecule has 0 aromatic heterocycles. The molecule has 0 radical (unpaired) electrons. The van der Waals surface area contributed by atoms with E-state index < -0.39 is 0 Å². The first-order chi connectivity index (χ1) is 10.9. The van der Waals surface area contributed by atoms with Crippen LogP contribution in [0.3, 0.4) is 0 Å². The van der Waals surface area contributed by atoms with Crippen LogP contribution in [0.1, 0.15) is 36.7 Å².